The lowest BCUT2D eigenvalue weighted by atomic mass is 10.1. The maximum Gasteiger partial charge on any atom is 0.230 e. The van der Waals surface area contributed by atoms with Gasteiger partial charge in [0.1, 0.15) is 16.8 Å². The number of carbonyl (C=O) groups is 1. The van der Waals surface area contributed by atoms with E-state index in [1.165, 1.54) is 30.0 Å². The Labute approximate surface area is 178 Å². The van der Waals surface area contributed by atoms with Crippen molar-refractivity contribution in [3.8, 4) is 11.8 Å². The van der Waals surface area contributed by atoms with E-state index in [2.05, 4.69) is 16.0 Å². The number of hydrogen-bond acceptors (Lipinski definition) is 7. The van der Waals surface area contributed by atoms with Crippen LogP contribution in [0.3, 0.4) is 0 Å². The van der Waals surface area contributed by atoms with Crippen LogP contribution < -0.4 is 9.64 Å². The summed E-state index contributed by atoms with van der Waals surface area (Å²) in [5.41, 5.74) is 3.86. The highest BCUT2D eigenvalue weighted by atomic mass is 32.2. The van der Waals surface area contributed by atoms with Crippen molar-refractivity contribution in [2.75, 3.05) is 12.0 Å². The van der Waals surface area contributed by atoms with Crippen LogP contribution in [-0.4, -0.2) is 23.0 Å². The van der Waals surface area contributed by atoms with Crippen LogP contribution in [0.5, 0.6) is 5.75 Å². The second kappa shape index (κ2) is 9.07. The molecule has 0 bridgehead atoms. The van der Waals surface area contributed by atoms with Gasteiger partial charge < -0.3 is 4.74 Å². The van der Waals surface area contributed by atoms with Crippen molar-refractivity contribution in [1.29, 1.82) is 5.26 Å². The van der Waals surface area contributed by atoms with Crippen LogP contribution in [0.1, 0.15) is 29.4 Å². The molecule has 0 saturated carbocycles. The quantitative estimate of drug-likeness (QED) is 0.518. The van der Waals surface area contributed by atoms with Gasteiger partial charge in [-0.1, -0.05) is 23.9 Å². The van der Waals surface area contributed by atoms with E-state index in [1.54, 1.807) is 12.0 Å². The van der Waals surface area contributed by atoms with Gasteiger partial charge in [0.2, 0.25) is 5.91 Å². The van der Waals surface area contributed by atoms with Gasteiger partial charge in [0.05, 0.1) is 24.1 Å². The largest absolute Gasteiger partial charge is 0.495 e. The Morgan fingerprint density at radius 2 is 2.07 bits per heavy atom. The molecule has 0 aliphatic heterocycles. The number of methoxy groups -OCH3 is 1. The van der Waals surface area contributed by atoms with Gasteiger partial charge >= 0.3 is 0 Å². The van der Waals surface area contributed by atoms with Crippen molar-refractivity contribution in [3.05, 3.63) is 58.2 Å². The molecular weight excluding hydrogens is 404 g/mol. The SMILES string of the molecule is COc1ccccc1N(C(C)=O)c1nc(CSc2nc(C)cc(C)c2C#N)cs1. The third-order valence-corrected chi connectivity index (χ3v) is 6.04. The number of nitrogens with zero attached hydrogens (tertiary/aromatic N) is 4. The van der Waals surface area contributed by atoms with Crippen LogP contribution in [0.15, 0.2) is 40.7 Å². The fourth-order valence-corrected chi connectivity index (χ4v) is 4.85. The molecule has 1 amide bonds. The predicted octanol–water partition coefficient (Wildman–Crippen LogP) is 5.01. The molecule has 3 aromatic rings. The third kappa shape index (κ3) is 4.58. The molecule has 0 atom stereocenters. The zero-order valence-corrected chi connectivity index (χ0v) is 18.2. The first-order chi connectivity index (χ1) is 13.9. The molecule has 3 rings (SSSR count). The molecular formula is C21H20N4O2S2. The average molecular weight is 425 g/mol. The van der Waals surface area contributed by atoms with Gasteiger partial charge in [-0.05, 0) is 37.6 Å². The Balaban J connectivity index is 1.85. The van der Waals surface area contributed by atoms with Gasteiger partial charge in [0.25, 0.3) is 0 Å². The summed E-state index contributed by atoms with van der Waals surface area (Å²) in [6, 6.07) is 11.5. The number of thiazole rings is 1. The summed E-state index contributed by atoms with van der Waals surface area (Å²) in [5, 5.41) is 12.6. The zero-order chi connectivity index (χ0) is 21.0. The number of thioether (sulfide) groups is 1. The van der Waals surface area contributed by atoms with E-state index in [0.717, 1.165) is 17.0 Å². The molecule has 148 valence electrons. The fraction of sp³-hybridized carbons (Fsp3) is 0.238. The monoisotopic (exact) mass is 424 g/mol. The molecule has 8 heteroatoms. The van der Waals surface area contributed by atoms with Crippen LogP contribution in [-0.2, 0) is 10.5 Å². The van der Waals surface area contributed by atoms with E-state index in [0.29, 0.717) is 32.9 Å². The molecule has 0 N–H and O–H groups in total. The molecule has 0 spiro atoms. The molecule has 0 saturated heterocycles. The summed E-state index contributed by atoms with van der Waals surface area (Å²) in [5.74, 6) is 1.01. The second-order valence-electron chi connectivity index (χ2n) is 6.31. The van der Waals surface area contributed by atoms with E-state index in [-0.39, 0.29) is 5.91 Å². The number of amides is 1. The third-order valence-electron chi connectivity index (χ3n) is 4.15. The van der Waals surface area contributed by atoms with Crippen LogP contribution in [0.4, 0.5) is 10.8 Å². The topological polar surface area (TPSA) is 79.1 Å². The molecule has 6 nitrogen and oxygen atoms in total. The molecule has 0 aliphatic rings. The summed E-state index contributed by atoms with van der Waals surface area (Å²) < 4.78 is 5.40. The number of rotatable bonds is 6. The van der Waals surface area contributed by atoms with Gasteiger partial charge in [-0.2, -0.15) is 5.26 Å². The van der Waals surface area contributed by atoms with Crippen LogP contribution in [0, 0.1) is 25.2 Å². The lowest BCUT2D eigenvalue weighted by molar-refractivity contribution is -0.115. The molecule has 0 unspecified atom stereocenters. The number of benzene rings is 1. The smallest absolute Gasteiger partial charge is 0.230 e. The number of hydrogen-bond donors (Lipinski definition) is 0. The van der Waals surface area contributed by atoms with E-state index in [1.807, 2.05) is 49.6 Å². The first kappa shape index (κ1) is 20.8. The highest BCUT2D eigenvalue weighted by Gasteiger charge is 2.21. The van der Waals surface area contributed by atoms with Gasteiger partial charge in [-0.25, -0.2) is 9.97 Å². The molecule has 29 heavy (non-hydrogen) atoms. The van der Waals surface area contributed by atoms with Gasteiger partial charge in [0.15, 0.2) is 5.13 Å². The molecule has 0 aliphatic carbocycles. The minimum Gasteiger partial charge on any atom is -0.495 e. The van der Waals surface area contributed by atoms with Crippen LogP contribution in [0.2, 0.25) is 0 Å². The van der Waals surface area contributed by atoms with Crippen molar-refractivity contribution in [3.63, 3.8) is 0 Å². The van der Waals surface area contributed by atoms with E-state index in [9.17, 15) is 10.1 Å². The standard InChI is InChI=1S/C21H20N4O2S2/c1-13-9-14(2)23-20(17(13)10-22)28-11-16-12-29-21(24-16)25(15(3)26)18-7-5-6-8-19(18)27-4/h5-9,12H,11H2,1-4H3. The maximum atomic E-state index is 12.3. The number of ether oxygens (including phenoxy) is 1. The summed E-state index contributed by atoms with van der Waals surface area (Å²) >= 11 is 2.86. The fourth-order valence-electron chi connectivity index (χ4n) is 2.87. The average Bonchev–Trinajstić information content (AvgIpc) is 3.14. The predicted molar refractivity (Wildman–Crippen MR) is 116 cm³/mol. The summed E-state index contributed by atoms with van der Waals surface area (Å²) in [6.45, 7) is 5.33. The van der Waals surface area contributed by atoms with Gasteiger partial charge in [-0.15, -0.1) is 11.3 Å². The number of pyridine rings is 1. The second-order valence-corrected chi connectivity index (χ2v) is 8.11. The normalized spacial score (nSPS) is 10.4. The molecule has 0 fully saturated rings. The Hall–Kier alpha value is -2.89. The molecule has 1 aromatic carbocycles. The van der Waals surface area contributed by atoms with Crippen molar-refractivity contribution in [1.82, 2.24) is 9.97 Å². The molecule has 0 radical (unpaired) electrons. The Morgan fingerprint density at radius 1 is 1.31 bits per heavy atom. The number of nitriles is 1. The van der Waals surface area contributed by atoms with Gasteiger partial charge in [0, 0.05) is 23.8 Å². The number of para-hydroxylation sites is 2. The molecule has 2 aromatic heterocycles. The lowest BCUT2D eigenvalue weighted by Gasteiger charge is -2.20. The van der Waals surface area contributed by atoms with E-state index < -0.39 is 0 Å². The maximum absolute atomic E-state index is 12.3. The Kier molecular flexibility index (Phi) is 6.52. The van der Waals surface area contributed by atoms with E-state index in [4.69, 9.17) is 4.74 Å². The van der Waals surface area contributed by atoms with Crippen molar-refractivity contribution in [2.24, 2.45) is 0 Å². The highest BCUT2D eigenvalue weighted by Crippen LogP contribution is 2.36. The minimum absolute atomic E-state index is 0.147. The lowest BCUT2D eigenvalue weighted by Crippen LogP contribution is -2.23. The Bertz CT molecular complexity index is 1090. The highest BCUT2D eigenvalue weighted by molar-refractivity contribution is 7.98. The molecule has 2 heterocycles. The van der Waals surface area contributed by atoms with Crippen LogP contribution in [0.25, 0.3) is 0 Å². The van der Waals surface area contributed by atoms with Crippen molar-refractivity contribution < 1.29 is 9.53 Å². The van der Waals surface area contributed by atoms with Crippen molar-refractivity contribution >= 4 is 39.8 Å². The summed E-state index contributed by atoms with van der Waals surface area (Å²) in [7, 11) is 1.57. The van der Waals surface area contributed by atoms with E-state index >= 15 is 0 Å². The van der Waals surface area contributed by atoms with Crippen molar-refractivity contribution in [2.45, 2.75) is 31.6 Å². The van der Waals surface area contributed by atoms with Gasteiger partial charge in [-0.3, -0.25) is 9.69 Å². The summed E-state index contributed by atoms with van der Waals surface area (Å²) in [6.07, 6.45) is 0. The first-order valence-electron chi connectivity index (χ1n) is 8.83. The first-order valence-corrected chi connectivity index (χ1v) is 10.7. The minimum atomic E-state index is -0.147. The summed E-state index contributed by atoms with van der Waals surface area (Å²) in [4.78, 5) is 23.0. The number of aromatic nitrogens is 2. The number of aryl methyl sites for hydroxylation is 2. The zero-order valence-electron chi connectivity index (χ0n) is 16.6. The Morgan fingerprint density at radius 3 is 2.76 bits per heavy atom. The van der Waals surface area contributed by atoms with Crippen LogP contribution >= 0.6 is 23.1 Å². The number of carbonyl (C=O) groups excluding carboxylic acids is 1. The number of anilines is 2.